The van der Waals surface area contributed by atoms with Crippen molar-refractivity contribution in [1.82, 2.24) is 5.06 Å². The fourth-order valence-corrected chi connectivity index (χ4v) is 3.32. The van der Waals surface area contributed by atoms with Gasteiger partial charge in [-0.05, 0) is 30.5 Å². The minimum absolute atomic E-state index is 0.00715. The van der Waals surface area contributed by atoms with Gasteiger partial charge in [-0.25, -0.2) is 5.06 Å². The molecular weight excluding hydrogens is 270 g/mol. The zero-order chi connectivity index (χ0) is 15.7. The Morgan fingerprint density at radius 1 is 1.45 bits per heavy atom. The summed E-state index contributed by atoms with van der Waals surface area (Å²) in [5, 5.41) is 1.46. The molecule has 0 aromatic rings. The maximum absolute atomic E-state index is 12.1. The summed E-state index contributed by atoms with van der Waals surface area (Å²) in [6.07, 6.45) is 2.68. The Morgan fingerprint density at radius 2 is 2.00 bits per heavy atom. The Balaban J connectivity index is 2.67. The molecule has 0 bridgehead atoms. The van der Waals surface area contributed by atoms with Crippen LogP contribution in [0.3, 0.4) is 0 Å². The summed E-state index contributed by atoms with van der Waals surface area (Å²) < 4.78 is 6.38. The summed E-state index contributed by atoms with van der Waals surface area (Å²) in [5.74, 6) is 0.280. The highest BCUT2D eigenvalue weighted by atomic mass is 28.4. The maximum Gasteiger partial charge on any atom is 0.249 e. The maximum atomic E-state index is 12.1. The van der Waals surface area contributed by atoms with E-state index in [2.05, 4.69) is 40.4 Å². The van der Waals surface area contributed by atoms with Gasteiger partial charge in [0.2, 0.25) is 5.91 Å². The minimum atomic E-state index is -1.84. The molecule has 5 heteroatoms. The van der Waals surface area contributed by atoms with Crippen molar-refractivity contribution < 1.29 is 14.1 Å². The first-order chi connectivity index (χ1) is 9.05. The Hall–Kier alpha value is -0.653. The van der Waals surface area contributed by atoms with Crippen LogP contribution in [-0.4, -0.2) is 39.5 Å². The molecule has 1 amide bonds. The predicted octanol–water partition coefficient (Wildman–Crippen LogP) is 3.22. The highest BCUT2D eigenvalue weighted by Gasteiger charge is 2.51. The van der Waals surface area contributed by atoms with Crippen LogP contribution in [0.2, 0.25) is 18.1 Å². The second-order valence-corrected chi connectivity index (χ2v) is 11.9. The molecule has 0 aromatic heterocycles. The minimum Gasteiger partial charge on any atom is -0.410 e. The van der Waals surface area contributed by atoms with E-state index in [4.69, 9.17) is 9.26 Å². The molecule has 1 fully saturated rings. The Labute approximate surface area is 124 Å². The van der Waals surface area contributed by atoms with Crippen LogP contribution in [0, 0.1) is 11.8 Å². The molecule has 1 aliphatic carbocycles. The fourth-order valence-electron chi connectivity index (χ4n) is 2.01. The summed E-state index contributed by atoms with van der Waals surface area (Å²) in [6, 6.07) is 0. The second-order valence-electron chi connectivity index (χ2n) is 7.10. The first-order valence-electron chi connectivity index (χ1n) is 7.17. The molecule has 0 unspecified atom stereocenters. The number of carbonyl (C=O) groups is 1. The van der Waals surface area contributed by atoms with Gasteiger partial charge in [-0.1, -0.05) is 26.8 Å². The number of hydroxylamine groups is 2. The Kier molecular flexibility index (Phi) is 5.22. The zero-order valence-corrected chi connectivity index (χ0v) is 14.9. The van der Waals surface area contributed by atoms with Crippen molar-refractivity contribution in [2.75, 3.05) is 14.2 Å². The topological polar surface area (TPSA) is 38.8 Å². The van der Waals surface area contributed by atoms with Gasteiger partial charge in [-0.2, -0.15) is 0 Å². The van der Waals surface area contributed by atoms with E-state index < -0.39 is 8.32 Å². The molecule has 1 rings (SSSR count). The molecule has 0 aromatic carbocycles. The molecule has 0 heterocycles. The van der Waals surface area contributed by atoms with Crippen molar-refractivity contribution in [2.24, 2.45) is 11.8 Å². The van der Waals surface area contributed by atoms with Crippen LogP contribution in [0.5, 0.6) is 0 Å². The summed E-state index contributed by atoms with van der Waals surface area (Å²) in [7, 11) is 1.32. The van der Waals surface area contributed by atoms with E-state index in [0.29, 0.717) is 0 Å². The quantitative estimate of drug-likeness (QED) is 0.429. The molecule has 0 N–H and O–H groups in total. The molecule has 0 radical (unpaired) electrons. The van der Waals surface area contributed by atoms with E-state index in [1.54, 1.807) is 7.05 Å². The van der Waals surface area contributed by atoms with Crippen LogP contribution in [0.25, 0.3) is 0 Å². The standard InChI is InChI=1S/C15H29NO3Si/c1-9-13(19-20(7,8)15(2,3)4)11-10-12(11)14(17)16(5)18-6/h9,11-13H,1,10H2,2-8H3/t11-,12-,13-/m1/s1. The Bertz CT molecular complexity index is 376. The molecule has 0 saturated heterocycles. The molecule has 0 aliphatic heterocycles. The van der Waals surface area contributed by atoms with Gasteiger partial charge < -0.3 is 4.43 Å². The third kappa shape index (κ3) is 3.71. The SMILES string of the molecule is C=C[C@@H](O[Si](C)(C)C(C)(C)C)[C@@H]1C[C@H]1C(=O)N(C)OC. The van der Waals surface area contributed by atoms with Crippen molar-refractivity contribution in [1.29, 1.82) is 0 Å². The molecule has 3 atom stereocenters. The lowest BCUT2D eigenvalue weighted by atomic mass is 10.2. The van der Waals surface area contributed by atoms with Crippen LogP contribution in [-0.2, 0) is 14.1 Å². The van der Waals surface area contributed by atoms with Crippen molar-refractivity contribution in [2.45, 2.75) is 51.4 Å². The smallest absolute Gasteiger partial charge is 0.249 e. The average Bonchev–Trinajstić information content (AvgIpc) is 3.12. The predicted molar refractivity (Wildman–Crippen MR) is 83.6 cm³/mol. The van der Waals surface area contributed by atoms with Gasteiger partial charge in [0.05, 0.1) is 13.2 Å². The van der Waals surface area contributed by atoms with Gasteiger partial charge in [-0.15, -0.1) is 6.58 Å². The summed E-state index contributed by atoms with van der Waals surface area (Å²) in [4.78, 5) is 17.0. The third-order valence-electron chi connectivity index (χ3n) is 4.63. The van der Waals surface area contributed by atoms with Crippen LogP contribution in [0.4, 0.5) is 0 Å². The fraction of sp³-hybridized carbons (Fsp3) is 0.800. The third-order valence-corrected chi connectivity index (χ3v) is 9.11. The van der Waals surface area contributed by atoms with Crippen LogP contribution in [0.15, 0.2) is 12.7 Å². The zero-order valence-electron chi connectivity index (χ0n) is 13.9. The normalized spacial score (nSPS) is 24.1. The lowest BCUT2D eigenvalue weighted by Gasteiger charge is -2.38. The second kappa shape index (κ2) is 5.99. The average molecular weight is 299 g/mol. The van der Waals surface area contributed by atoms with E-state index in [1.165, 1.54) is 12.2 Å². The number of amides is 1. The molecule has 116 valence electrons. The van der Waals surface area contributed by atoms with Crippen LogP contribution >= 0.6 is 0 Å². The molecule has 20 heavy (non-hydrogen) atoms. The molecular formula is C15H29NO3Si. The van der Waals surface area contributed by atoms with Gasteiger partial charge in [0.25, 0.3) is 0 Å². The highest BCUT2D eigenvalue weighted by Crippen LogP contribution is 2.47. The summed E-state index contributed by atoms with van der Waals surface area (Å²) in [5.41, 5.74) is 0. The molecule has 1 aliphatic rings. The number of carbonyl (C=O) groups excluding carboxylic acids is 1. The van der Waals surface area contributed by atoms with Crippen molar-refractivity contribution in [3.05, 3.63) is 12.7 Å². The summed E-state index contributed by atoms with van der Waals surface area (Å²) >= 11 is 0. The van der Waals surface area contributed by atoms with Crippen LogP contribution in [0.1, 0.15) is 27.2 Å². The van der Waals surface area contributed by atoms with Gasteiger partial charge in [0.1, 0.15) is 0 Å². The first kappa shape index (κ1) is 17.4. The monoisotopic (exact) mass is 299 g/mol. The van der Waals surface area contributed by atoms with Crippen molar-refractivity contribution in [3.8, 4) is 0 Å². The lowest BCUT2D eigenvalue weighted by Crippen LogP contribution is -2.44. The van der Waals surface area contributed by atoms with E-state index in [0.717, 1.165) is 6.42 Å². The van der Waals surface area contributed by atoms with Gasteiger partial charge in [-0.3, -0.25) is 9.63 Å². The van der Waals surface area contributed by atoms with Gasteiger partial charge in [0.15, 0.2) is 8.32 Å². The van der Waals surface area contributed by atoms with E-state index in [1.807, 2.05) is 6.08 Å². The number of rotatable bonds is 6. The number of hydrogen-bond donors (Lipinski definition) is 0. The van der Waals surface area contributed by atoms with Crippen LogP contribution < -0.4 is 0 Å². The molecule has 1 saturated carbocycles. The molecule has 4 nitrogen and oxygen atoms in total. The lowest BCUT2D eigenvalue weighted by molar-refractivity contribution is -0.170. The van der Waals surface area contributed by atoms with Gasteiger partial charge >= 0.3 is 0 Å². The number of hydrogen-bond acceptors (Lipinski definition) is 3. The van der Waals surface area contributed by atoms with Crippen molar-refractivity contribution in [3.63, 3.8) is 0 Å². The van der Waals surface area contributed by atoms with E-state index >= 15 is 0 Å². The van der Waals surface area contributed by atoms with E-state index in [9.17, 15) is 4.79 Å². The summed E-state index contributed by atoms with van der Waals surface area (Å²) in [6.45, 7) is 15.0. The first-order valence-corrected chi connectivity index (χ1v) is 10.1. The van der Waals surface area contributed by atoms with E-state index in [-0.39, 0.29) is 28.9 Å². The largest absolute Gasteiger partial charge is 0.410 e. The number of nitrogens with zero attached hydrogens (tertiary/aromatic N) is 1. The highest BCUT2D eigenvalue weighted by molar-refractivity contribution is 6.74. The van der Waals surface area contributed by atoms with Gasteiger partial charge in [0, 0.05) is 13.0 Å². The molecule has 0 spiro atoms. The Morgan fingerprint density at radius 3 is 2.40 bits per heavy atom. The van der Waals surface area contributed by atoms with Crippen molar-refractivity contribution >= 4 is 14.2 Å².